The molecule has 0 fully saturated rings. The van der Waals surface area contributed by atoms with Crippen LogP contribution >= 0.6 is 11.3 Å². The predicted octanol–water partition coefficient (Wildman–Crippen LogP) is 3.41. The number of thiazole rings is 1. The molecule has 6 heteroatoms. The van der Waals surface area contributed by atoms with Gasteiger partial charge in [-0.3, -0.25) is 4.79 Å². The second kappa shape index (κ2) is 7.29. The molecule has 0 radical (unpaired) electrons. The Bertz CT molecular complexity index is 1130. The SMILES string of the molecule is C#CCn1c(=NC(=O)c2ccc3c(c2)OCCO3)sc2cc(CC)ccc21. The monoisotopic (exact) mass is 378 g/mol. The van der Waals surface area contributed by atoms with Crippen LogP contribution in [0.1, 0.15) is 22.8 Å². The van der Waals surface area contributed by atoms with Gasteiger partial charge in [0.25, 0.3) is 5.91 Å². The molecule has 0 aliphatic carbocycles. The Balaban J connectivity index is 1.78. The van der Waals surface area contributed by atoms with E-state index in [1.54, 1.807) is 18.2 Å². The van der Waals surface area contributed by atoms with Crippen LogP contribution in [-0.2, 0) is 13.0 Å². The minimum Gasteiger partial charge on any atom is -0.486 e. The first-order chi connectivity index (χ1) is 13.2. The molecule has 27 heavy (non-hydrogen) atoms. The van der Waals surface area contributed by atoms with Gasteiger partial charge in [0.05, 0.1) is 16.8 Å². The Morgan fingerprint density at radius 1 is 1.22 bits per heavy atom. The lowest BCUT2D eigenvalue weighted by Crippen LogP contribution is -2.17. The van der Waals surface area contributed by atoms with Crippen molar-refractivity contribution >= 4 is 27.5 Å². The molecular weight excluding hydrogens is 360 g/mol. The maximum Gasteiger partial charge on any atom is 0.279 e. The van der Waals surface area contributed by atoms with Crippen LogP contribution in [-0.4, -0.2) is 23.7 Å². The summed E-state index contributed by atoms with van der Waals surface area (Å²) >= 11 is 1.47. The molecule has 0 unspecified atom stereocenters. The first-order valence-electron chi connectivity index (χ1n) is 8.74. The Morgan fingerprint density at radius 2 is 2.04 bits per heavy atom. The molecule has 0 bridgehead atoms. The zero-order valence-electron chi connectivity index (χ0n) is 14.9. The van der Waals surface area contributed by atoms with Gasteiger partial charge in [-0.25, -0.2) is 0 Å². The molecule has 0 spiro atoms. The van der Waals surface area contributed by atoms with Crippen molar-refractivity contribution in [3.05, 3.63) is 52.3 Å². The van der Waals surface area contributed by atoms with Crippen molar-refractivity contribution in [1.82, 2.24) is 4.57 Å². The molecule has 5 nitrogen and oxygen atoms in total. The molecule has 2 heterocycles. The predicted molar refractivity (Wildman–Crippen MR) is 105 cm³/mol. The van der Waals surface area contributed by atoms with Crippen LogP contribution in [0.5, 0.6) is 11.5 Å². The number of aryl methyl sites for hydroxylation is 1. The van der Waals surface area contributed by atoms with Crippen LogP contribution in [0.4, 0.5) is 0 Å². The summed E-state index contributed by atoms with van der Waals surface area (Å²) in [6.07, 6.45) is 6.48. The highest BCUT2D eigenvalue weighted by Gasteiger charge is 2.15. The zero-order chi connectivity index (χ0) is 18.8. The van der Waals surface area contributed by atoms with Gasteiger partial charge in [-0.1, -0.05) is 30.2 Å². The third-order valence-electron chi connectivity index (χ3n) is 4.39. The number of rotatable bonds is 3. The van der Waals surface area contributed by atoms with Gasteiger partial charge in [-0.05, 0) is 42.3 Å². The van der Waals surface area contributed by atoms with Crippen molar-refractivity contribution in [3.63, 3.8) is 0 Å². The van der Waals surface area contributed by atoms with E-state index in [0.717, 1.165) is 16.6 Å². The molecule has 3 aromatic rings. The summed E-state index contributed by atoms with van der Waals surface area (Å²) in [6, 6.07) is 11.4. The van der Waals surface area contributed by atoms with Gasteiger partial charge in [0.1, 0.15) is 13.2 Å². The fourth-order valence-electron chi connectivity index (χ4n) is 2.99. The molecule has 2 aromatic carbocycles. The Morgan fingerprint density at radius 3 is 2.81 bits per heavy atom. The molecule has 0 saturated carbocycles. The average molecular weight is 378 g/mol. The second-order valence-corrected chi connectivity index (χ2v) is 7.12. The maximum absolute atomic E-state index is 12.7. The number of fused-ring (bicyclic) bond motifs is 2. The van der Waals surface area contributed by atoms with Crippen molar-refractivity contribution in [2.45, 2.75) is 19.9 Å². The summed E-state index contributed by atoms with van der Waals surface area (Å²) in [7, 11) is 0. The number of carbonyl (C=O) groups excluding carboxylic acids is 1. The van der Waals surface area contributed by atoms with Gasteiger partial charge in [0.15, 0.2) is 16.3 Å². The van der Waals surface area contributed by atoms with Crippen LogP contribution in [0.3, 0.4) is 0 Å². The first-order valence-corrected chi connectivity index (χ1v) is 9.55. The van der Waals surface area contributed by atoms with E-state index >= 15 is 0 Å². The van der Waals surface area contributed by atoms with Crippen LogP contribution in [0.2, 0.25) is 0 Å². The standard InChI is InChI=1S/C21H18N2O3S/c1-3-9-23-16-7-5-14(4-2)12-19(16)27-21(23)22-20(24)15-6-8-17-18(13-15)26-11-10-25-17/h1,5-8,12-13H,4,9-11H2,2H3. The highest BCUT2D eigenvalue weighted by atomic mass is 32.1. The van der Waals surface area contributed by atoms with Gasteiger partial charge < -0.3 is 14.0 Å². The van der Waals surface area contributed by atoms with Crippen LogP contribution < -0.4 is 14.3 Å². The topological polar surface area (TPSA) is 52.8 Å². The van der Waals surface area contributed by atoms with Crippen molar-refractivity contribution in [1.29, 1.82) is 0 Å². The van der Waals surface area contributed by atoms with Gasteiger partial charge in [-0.15, -0.1) is 6.42 Å². The van der Waals surface area contributed by atoms with E-state index in [1.165, 1.54) is 16.9 Å². The number of amides is 1. The van der Waals surface area contributed by atoms with Gasteiger partial charge in [0.2, 0.25) is 0 Å². The van der Waals surface area contributed by atoms with Crippen molar-refractivity contribution in [2.24, 2.45) is 4.99 Å². The number of terminal acetylenes is 1. The molecule has 0 N–H and O–H groups in total. The van der Waals surface area contributed by atoms with Crippen LogP contribution in [0.25, 0.3) is 10.2 Å². The molecule has 1 aliphatic heterocycles. The third-order valence-corrected chi connectivity index (χ3v) is 5.43. The second-order valence-electron chi connectivity index (χ2n) is 6.11. The van der Waals surface area contributed by atoms with Crippen molar-refractivity contribution in [2.75, 3.05) is 13.2 Å². The summed E-state index contributed by atoms with van der Waals surface area (Å²) in [5, 5.41) is 0. The van der Waals surface area contributed by atoms with E-state index in [1.807, 2.05) is 10.6 Å². The molecule has 136 valence electrons. The highest BCUT2D eigenvalue weighted by Crippen LogP contribution is 2.31. The van der Waals surface area contributed by atoms with Crippen LogP contribution in [0, 0.1) is 12.3 Å². The van der Waals surface area contributed by atoms with E-state index in [-0.39, 0.29) is 5.91 Å². The number of nitrogens with zero attached hydrogens (tertiary/aromatic N) is 2. The van der Waals surface area contributed by atoms with E-state index in [9.17, 15) is 4.79 Å². The van der Waals surface area contributed by atoms with Gasteiger partial charge in [0, 0.05) is 5.56 Å². The molecular formula is C21H18N2O3S. The lowest BCUT2D eigenvalue weighted by Gasteiger charge is -2.18. The van der Waals surface area contributed by atoms with E-state index in [2.05, 4.69) is 30.0 Å². The van der Waals surface area contributed by atoms with Gasteiger partial charge in [-0.2, -0.15) is 4.99 Å². The summed E-state index contributed by atoms with van der Waals surface area (Å²) in [4.78, 5) is 17.7. The van der Waals surface area contributed by atoms with E-state index in [0.29, 0.717) is 41.6 Å². The minimum absolute atomic E-state index is 0.333. The summed E-state index contributed by atoms with van der Waals surface area (Å²) in [5.41, 5.74) is 2.68. The lowest BCUT2D eigenvalue weighted by molar-refractivity contribution is 0.0996. The number of carbonyl (C=O) groups is 1. The molecule has 1 amide bonds. The van der Waals surface area contributed by atoms with Crippen LogP contribution in [0.15, 0.2) is 41.4 Å². The summed E-state index contributed by atoms with van der Waals surface area (Å²) in [6.45, 7) is 3.46. The smallest absolute Gasteiger partial charge is 0.279 e. The van der Waals surface area contributed by atoms with Crippen molar-refractivity contribution < 1.29 is 14.3 Å². The molecule has 1 aliphatic rings. The van der Waals surface area contributed by atoms with Gasteiger partial charge >= 0.3 is 0 Å². The Kier molecular flexibility index (Phi) is 4.69. The molecule has 1 aromatic heterocycles. The highest BCUT2D eigenvalue weighted by molar-refractivity contribution is 7.16. The molecule has 4 rings (SSSR count). The van der Waals surface area contributed by atoms with Crippen molar-refractivity contribution in [3.8, 4) is 23.8 Å². The number of ether oxygens (including phenoxy) is 2. The lowest BCUT2D eigenvalue weighted by atomic mass is 10.2. The summed E-state index contributed by atoms with van der Waals surface area (Å²) in [5.74, 6) is 3.53. The minimum atomic E-state index is -0.333. The quantitative estimate of drug-likeness (QED) is 0.657. The largest absolute Gasteiger partial charge is 0.486 e. The number of hydrogen-bond acceptors (Lipinski definition) is 4. The van der Waals surface area contributed by atoms with E-state index < -0.39 is 0 Å². The number of benzene rings is 2. The first kappa shape index (κ1) is 17.4. The third kappa shape index (κ3) is 3.34. The maximum atomic E-state index is 12.7. The number of aromatic nitrogens is 1. The Labute approximate surface area is 160 Å². The normalized spacial score (nSPS) is 13.6. The molecule has 0 saturated heterocycles. The fourth-order valence-corrected chi connectivity index (χ4v) is 4.09. The molecule has 0 atom stereocenters. The Hall–Kier alpha value is -3.04. The van der Waals surface area contributed by atoms with E-state index in [4.69, 9.17) is 15.9 Å². The zero-order valence-corrected chi connectivity index (χ0v) is 15.7. The summed E-state index contributed by atoms with van der Waals surface area (Å²) < 4.78 is 14.0. The fraction of sp³-hybridized carbons (Fsp3) is 0.238. The number of hydrogen-bond donors (Lipinski definition) is 0. The average Bonchev–Trinajstić information content (AvgIpc) is 3.04.